The molecule has 1 amide bonds. The standard InChI is InChI=1S/C25H25ClN2O4S/c26-20-11-14-24(32-21-6-2-1-3-7-21)23(18-20)27-25(29)15-10-19-8-12-22(13-9-19)33(30,31)28-16-4-5-17-28/h1-3,6-9,11-14,18H,4-5,10,15-17H2,(H,27,29). The predicted octanol–water partition coefficient (Wildman–Crippen LogP) is 5.49. The molecule has 0 saturated carbocycles. The van der Waals surface area contributed by atoms with Gasteiger partial charge in [-0.2, -0.15) is 4.31 Å². The summed E-state index contributed by atoms with van der Waals surface area (Å²) in [6.07, 6.45) is 2.51. The van der Waals surface area contributed by atoms with Crippen molar-refractivity contribution in [2.24, 2.45) is 0 Å². The van der Waals surface area contributed by atoms with Gasteiger partial charge < -0.3 is 10.1 Å². The van der Waals surface area contributed by atoms with Gasteiger partial charge in [-0.3, -0.25) is 4.79 Å². The van der Waals surface area contributed by atoms with Gasteiger partial charge in [-0.05, 0) is 67.3 Å². The molecular formula is C25H25ClN2O4S. The van der Waals surface area contributed by atoms with Crippen LogP contribution >= 0.6 is 11.6 Å². The van der Waals surface area contributed by atoms with Gasteiger partial charge in [-0.15, -0.1) is 0 Å². The third-order valence-electron chi connectivity index (χ3n) is 5.45. The van der Waals surface area contributed by atoms with E-state index in [0.717, 1.165) is 18.4 Å². The highest BCUT2D eigenvalue weighted by Crippen LogP contribution is 2.32. The first-order valence-corrected chi connectivity index (χ1v) is 12.6. The molecule has 8 heteroatoms. The number of halogens is 1. The number of nitrogens with one attached hydrogen (secondary N) is 1. The lowest BCUT2D eigenvalue weighted by atomic mass is 10.1. The Kier molecular flexibility index (Phi) is 7.33. The quantitative estimate of drug-likeness (QED) is 0.458. The van der Waals surface area contributed by atoms with Crippen molar-refractivity contribution < 1.29 is 17.9 Å². The molecule has 1 aliphatic heterocycles. The summed E-state index contributed by atoms with van der Waals surface area (Å²) in [5.41, 5.74) is 1.38. The number of para-hydroxylation sites is 1. The predicted molar refractivity (Wildman–Crippen MR) is 129 cm³/mol. The van der Waals surface area contributed by atoms with Gasteiger partial charge in [0.1, 0.15) is 5.75 Å². The van der Waals surface area contributed by atoms with Crippen molar-refractivity contribution in [3.05, 3.63) is 83.4 Å². The molecule has 1 heterocycles. The minimum atomic E-state index is -3.43. The van der Waals surface area contributed by atoms with Crippen LogP contribution in [0.25, 0.3) is 0 Å². The number of carbonyl (C=O) groups is 1. The smallest absolute Gasteiger partial charge is 0.243 e. The van der Waals surface area contributed by atoms with Crippen molar-refractivity contribution in [2.45, 2.75) is 30.6 Å². The van der Waals surface area contributed by atoms with E-state index in [1.165, 1.54) is 4.31 Å². The number of aryl methyl sites for hydroxylation is 1. The highest BCUT2D eigenvalue weighted by Gasteiger charge is 2.26. The first-order chi connectivity index (χ1) is 15.9. The average molecular weight is 485 g/mol. The Morgan fingerprint density at radius 1 is 0.970 bits per heavy atom. The maximum atomic E-state index is 12.6. The van der Waals surface area contributed by atoms with Crippen LogP contribution in [0.3, 0.4) is 0 Å². The topological polar surface area (TPSA) is 75.7 Å². The summed E-state index contributed by atoms with van der Waals surface area (Å²) < 4.78 is 32.7. The Hall–Kier alpha value is -2.87. The van der Waals surface area contributed by atoms with E-state index in [-0.39, 0.29) is 12.3 Å². The van der Waals surface area contributed by atoms with Crippen molar-refractivity contribution >= 4 is 33.2 Å². The molecule has 0 spiro atoms. The molecule has 4 rings (SSSR count). The van der Waals surface area contributed by atoms with Crippen LogP contribution in [0.4, 0.5) is 5.69 Å². The fraction of sp³-hybridized carbons (Fsp3) is 0.240. The van der Waals surface area contributed by atoms with Crippen LogP contribution in [0.2, 0.25) is 5.02 Å². The number of nitrogens with zero attached hydrogens (tertiary/aromatic N) is 1. The Balaban J connectivity index is 1.37. The summed E-state index contributed by atoms with van der Waals surface area (Å²) in [4.78, 5) is 12.9. The van der Waals surface area contributed by atoms with Crippen LogP contribution in [-0.4, -0.2) is 31.7 Å². The van der Waals surface area contributed by atoms with E-state index in [4.69, 9.17) is 16.3 Å². The number of hydrogen-bond donors (Lipinski definition) is 1. The van der Waals surface area contributed by atoms with Crippen molar-refractivity contribution in [1.29, 1.82) is 0 Å². The third-order valence-corrected chi connectivity index (χ3v) is 7.60. The maximum absolute atomic E-state index is 12.6. The Morgan fingerprint density at radius 2 is 1.67 bits per heavy atom. The lowest BCUT2D eigenvalue weighted by molar-refractivity contribution is -0.116. The molecule has 1 fully saturated rings. The summed E-state index contributed by atoms with van der Waals surface area (Å²) in [6.45, 7) is 1.15. The van der Waals surface area contributed by atoms with E-state index < -0.39 is 10.0 Å². The van der Waals surface area contributed by atoms with Crippen molar-refractivity contribution in [3.63, 3.8) is 0 Å². The zero-order valence-corrected chi connectivity index (χ0v) is 19.6. The SMILES string of the molecule is O=C(CCc1ccc(S(=O)(=O)N2CCCC2)cc1)Nc1cc(Cl)ccc1Oc1ccccc1. The number of ether oxygens (including phenoxy) is 1. The number of sulfonamides is 1. The first kappa shape index (κ1) is 23.3. The lowest BCUT2D eigenvalue weighted by Gasteiger charge is -2.15. The average Bonchev–Trinajstić information content (AvgIpc) is 3.37. The van der Waals surface area contributed by atoms with Crippen LogP contribution in [0.1, 0.15) is 24.8 Å². The van der Waals surface area contributed by atoms with Gasteiger partial charge in [0, 0.05) is 24.5 Å². The van der Waals surface area contributed by atoms with Crippen LogP contribution in [0, 0.1) is 0 Å². The van der Waals surface area contributed by atoms with E-state index in [2.05, 4.69) is 5.32 Å². The number of rotatable bonds is 8. The van der Waals surface area contributed by atoms with Gasteiger partial charge in [0.2, 0.25) is 15.9 Å². The molecule has 1 N–H and O–H groups in total. The Bertz CT molecular complexity index is 1210. The summed E-state index contributed by atoms with van der Waals surface area (Å²) >= 11 is 6.12. The van der Waals surface area contributed by atoms with Gasteiger partial charge in [0.15, 0.2) is 5.75 Å². The van der Waals surface area contributed by atoms with Gasteiger partial charge >= 0.3 is 0 Å². The molecular weight excluding hydrogens is 460 g/mol. The first-order valence-electron chi connectivity index (χ1n) is 10.8. The van der Waals surface area contributed by atoms with E-state index in [0.29, 0.717) is 46.6 Å². The van der Waals surface area contributed by atoms with Crippen LogP contribution in [0.15, 0.2) is 77.7 Å². The maximum Gasteiger partial charge on any atom is 0.243 e. The lowest BCUT2D eigenvalue weighted by Crippen LogP contribution is -2.27. The highest BCUT2D eigenvalue weighted by atomic mass is 35.5. The zero-order chi connectivity index (χ0) is 23.3. The number of amides is 1. The molecule has 0 atom stereocenters. The summed E-state index contributed by atoms with van der Waals surface area (Å²) in [6, 6.07) is 21.1. The second-order valence-corrected chi connectivity index (χ2v) is 10.2. The van der Waals surface area contributed by atoms with E-state index >= 15 is 0 Å². The molecule has 3 aromatic carbocycles. The molecule has 0 unspecified atom stereocenters. The summed E-state index contributed by atoms with van der Waals surface area (Å²) in [5.74, 6) is 0.957. The number of benzene rings is 3. The number of hydrogen-bond acceptors (Lipinski definition) is 4. The molecule has 172 valence electrons. The molecule has 0 aromatic heterocycles. The highest BCUT2D eigenvalue weighted by molar-refractivity contribution is 7.89. The minimum absolute atomic E-state index is 0.191. The van der Waals surface area contributed by atoms with Crippen molar-refractivity contribution in [1.82, 2.24) is 4.31 Å². The molecule has 1 saturated heterocycles. The van der Waals surface area contributed by atoms with Gasteiger partial charge in [-0.25, -0.2) is 8.42 Å². The monoisotopic (exact) mass is 484 g/mol. The summed E-state index contributed by atoms with van der Waals surface area (Å²) in [5, 5.41) is 3.35. The third kappa shape index (κ3) is 5.93. The Labute approximate surface area is 199 Å². The van der Waals surface area contributed by atoms with Crippen LogP contribution in [0.5, 0.6) is 11.5 Å². The van der Waals surface area contributed by atoms with Gasteiger partial charge in [0.25, 0.3) is 0 Å². The largest absolute Gasteiger partial charge is 0.455 e. The molecule has 0 radical (unpaired) electrons. The number of anilines is 1. The molecule has 0 bridgehead atoms. The minimum Gasteiger partial charge on any atom is -0.455 e. The van der Waals surface area contributed by atoms with Crippen molar-refractivity contribution in [3.8, 4) is 11.5 Å². The fourth-order valence-corrected chi connectivity index (χ4v) is 5.37. The fourth-order valence-electron chi connectivity index (χ4n) is 3.68. The van der Waals surface area contributed by atoms with Gasteiger partial charge in [0.05, 0.1) is 10.6 Å². The van der Waals surface area contributed by atoms with E-state index in [1.807, 2.05) is 30.3 Å². The van der Waals surface area contributed by atoms with Crippen molar-refractivity contribution in [2.75, 3.05) is 18.4 Å². The molecule has 1 aliphatic rings. The second-order valence-electron chi connectivity index (χ2n) is 7.86. The molecule has 3 aromatic rings. The molecule has 0 aliphatic carbocycles. The number of carbonyl (C=O) groups excluding carboxylic acids is 1. The van der Waals surface area contributed by atoms with Gasteiger partial charge in [-0.1, -0.05) is 41.9 Å². The van der Waals surface area contributed by atoms with Crippen LogP contribution in [-0.2, 0) is 21.2 Å². The van der Waals surface area contributed by atoms with E-state index in [9.17, 15) is 13.2 Å². The summed E-state index contributed by atoms with van der Waals surface area (Å²) in [7, 11) is -3.43. The molecule has 6 nitrogen and oxygen atoms in total. The van der Waals surface area contributed by atoms with Crippen LogP contribution < -0.4 is 10.1 Å². The normalized spacial score (nSPS) is 14.2. The zero-order valence-electron chi connectivity index (χ0n) is 18.0. The molecule has 33 heavy (non-hydrogen) atoms. The van der Waals surface area contributed by atoms with E-state index in [1.54, 1.807) is 42.5 Å². The second kappa shape index (κ2) is 10.4. The Morgan fingerprint density at radius 3 is 2.36 bits per heavy atom.